The number of benzene rings is 2. The summed E-state index contributed by atoms with van der Waals surface area (Å²) in [6.07, 6.45) is 1.62. The lowest BCUT2D eigenvalue weighted by Crippen LogP contribution is -2.24. The van der Waals surface area contributed by atoms with Crippen molar-refractivity contribution in [2.24, 2.45) is 0 Å². The second-order valence-corrected chi connectivity index (χ2v) is 6.79. The predicted molar refractivity (Wildman–Crippen MR) is 103 cm³/mol. The molecule has 0 saturated heterocycles. The number of amides is 1. The number of hydrogen-bond acceptors (Lipinski definition) is 2. The molecule has 5 heteroatoms. The molecule has 128 valence electrons. The monoisotopic (exact) mass is 354 g/mol. The van der Waals surface area contributed by atoms with Crippen molar-refractivity contribution in [3.05, 3.63) is 75.0 Å². The molecule has 0 aliphatic rings. The van der Waals surface area contributed by atoms with E-state index in [1.54, 1.807) is 24.4 Å². The molecule has 1 N–H and O–H groups in total. The molecule has 0 unspecified atom stereocenters. The predicted octanol–water partition coefficient (Wildman–Crippen LogP) is 4.80. The van der Waals surface area contributed by atoms with E-state index in [9.17, 15) is 9.59 Å². The fourth-order valence-corrected chi connectivity index (χ4v) is 2.92. The number of carbonyl (C=O) groups excluding carboxylic acids is 1. The molecule has 0 aliphatic carbocycles. The van der Waals surface area contributed by atoms with Gasteiger partial charge in [-0.05, 0) is 51.1 Å². The first-order chi connectivity index (χ1) is 11.9. The molecule has 0 spiro atoms. The number of halogens is 1. The summed E-state index contributed by atoms with van der Waals surface area (Å²) in [6, 6.07) is 12.7. The van der Waals surface area contributed by atoms with Gasteiger partial charge in [-0.1, -0.05) is 29.3 Å². The molecule has 3 aromatic rings. The minimum atomic E-state index is -0.426. The normalized spacial score (nSPS) is 11.1. The van der Waals surface area contributed by atoms with Crippen LogP contribution in [0, 0.1) is 6.92 Å². The van der Waals surface area contributed by atoms with Crippen LogP contribution in [0.15, 0.2) is 53.5 Å². The third-order valence-electron chi connectivity index (χ3n) is 4.10. The summed E-state index contributed by atoms with van der Waals surface area (Å²) < 4.78 is 1.91. The van der Waals surface area contributed by atoms with Crippen molar-refractivity contribution in [1.29, 1.82) is 0 Å². The number of pyridine rings is 1. The first kappa shape index (κ1) is 17.2. The third kappa shape index (κ3) is 3.44. The maximum atomic E-state index is 12.8. The summed E-state index contributed by atoms with van der Waals surface area (Å²) in [5.74, 6) is -0.426. The summed E-state index contributed by atoms with van der Waals surface area (Å²) in [5, 5.41) is 3.70. The van der Waals surface area contributed by atoms with Crippen LogP contribution in [0.2, 0.25) is 5.02 Å². The average molecular weight is 355 g/mol. The number of nitrogens with one attached hydrogen (secondary N) is 1. The Balaban J connectivity index is 2.11. The van der Waals surface area contributed by atoms with Crippen LogP contribution in [0.5, 0.6) is 0 Å². The highest BCUT2D eigenvalue weighted by Crippen LogP contribution is 2.21. The van der Waals surface area contributed by atoms with Crippen LogP contribution in [0.4, 0.5) is 5.69 Å². The smallest absolute Gasteiger partial charge is 0.261 e. The number of aryl methyl sites for hydroxylation is 1. The molecule has 0 bridgehead atoms. The van der Waals surface area contributed by atoms with Gasteiger partial charge in [0.25, 0.3) is 5.91 Å². The molecule has 0 atom stereocenters. The summed E-state index contributed by atoms with van der Waals surface area (Å²) in [4.78, 5) is 25.5. The van der Waals surface area contributed by atoms with Crippen LogP contribution in [0.1, 0.15) is 35.8 Å². The third-order valence-corrected chi connectivity index (χ3v) is 4.34. The van der Waals surface area contributed by atoms with E-state index in [0.717, 1.165) is 11.1 Å². The topological polar surface area (TPSA) is 51.1 Å². The molecule has 1 heterocycles. The first-order valence-electron chi connectivity index (χ1n) is 8.09. The average Bonchev–Trinajstić information content (AvgIpc) is 2.57. The molecular weight excluding hydrogens is 336 g/mol. The number of anilines is 1. The van der Waals surface area contributed by atoms with Crippen molar-refractivity contribution in [1.82, 2.24) is 4.57 Å². The number of fused-ring (bicyclic) bond motifs is 1. The highest BCUT2D eigenvalue weighted by molar-refractivity contribution is 6.31. The minimum Gasteiger partial charge on any atom is -0.344 e. The van der Waals surface area contributed by atoms with Gasteiger partial charge in [-0.15, -0.1) is 0 Å². The molecule has 3 rings (SSSR count). The molecule has 0 fully saturated rings. The van der Waals surface area contributed by atoms with Gasteiger partial charge in [0.15, 0.2) is 0 Å². The number of aromatic nitrogens is 1. The molecular formula is C20H19ClN2O2. The Morgan fingerprint density at radius 3 is 2.44 bits per heavy atom. The molecule has 25 heavy (non-hydrogen) atoms. The van der Waals surface area contributed by atoms with E-state index in [4.69, 9.17) is 11.6 Å². The number of carbonyl (C=O) groups is 1. The highest BCUT2D eigenvalue weighted by atomic mass is 35.5. The number of rotatable bonds is 3. The van der Waals surface area contributed by atoms with E-state index >= 15 is 0 Å². The van der Waals surface area contributed by atoms with Crippen molar-refractivity contribution >= 4 is 34.1 Å². The van der Waals surface area contributed by atoms with E-state index in [-0.39, 0.29) is 17.0 Å². The maximum absolute atomic E-state index is 12.8. The van der Waals surface area contributed by atoms with Gasteiger partial charge in [0.05, 0.1) is 5.52 Å². The Morgan fingerprint density at radius 1 is 1.12 bits per heavy atom. The van der Waals surface area contributed by atoms with Crippen LogP contribution in [0.25, 0.3) is 10.9 Å². The minimum absolute atomic E-state index is 0.0928. The zero-order valence-electron chi connectivity index (χ0n) is 14.3. The van der Waals surface area contributed by atoms with Gasteiger partial charge < -0.3 is 9.88 Å². The summed E-state index contributed by atoms with van der Waals surface area (Å²) in [7, 11) is 0. The summed E-state index contributed by atoms with van der Waals surface area (Å²) in [5.41, 5.74) is 2.29. The van der Waals surface area contributed by atoms with Gasteiger partial charge in [0.1, 0.15) is 5.56 Å². The van der Waals surface area contributed by atoms with Gasteiger partial charge in [-0.25, -0.2) is 0 Å². The van der Waals surface area contributed by atoms with Gasteiger partial charge in [0, 0.05) is 28.3 Å². The quantitative estimate of drug-likeness (QED) is 0.734. The molecule has 2 aromatic carbocycles. The zero-order valence-corrected chi connectivity index (χ0v) is 15.1. The van der Waals surface area contributed by atoms with Crippen LogP contribution < -0.4 is 10.7 Å². The van der Waals surface area contributed by atoms with E-state index in [2.05, 4.69) is 5.32 Å². The van der Waals surface area contributed by atoms with E-state index in [1.807, 2.05) is 49.6 Å². The highest BCUT2D eigenvalue weighted by Gasteiger charge is 2.17. The second-order valence-electron chi connectivity index (χ2n) is 6.35. The van der Waals surface area contributed by atoms with Crippen molar-refractivity contribution in [2.75, 3.05) is 5.32 Å². The van der Waals surface area contributed by atoms with Gasteiger partial charge in [-0.3, -0.25) is 9.59 Å². The van der Waals surface area contributed by atoms with Gasteiger partial charge >= 0.3 is 0 Å². The molecule has 0 radical (unpaired) electrons. The lowest BCUT2D eigenvalue weighted by atomic mass is 10.1. The van der Waals surface area contributed by atoms with Crippen LogP contribution in [0.3, 0.4) is 0 Å². The second kappa shape index (κ2) is 6.73. The molecule has 1 aromatic heterocycles. The Hall–Kier alpha value is -2.59. The Bertz CT molecular complexity index is 1000. The van der Waals surface area contributed by atoms with Crippen LogP contribution in [-0.2, 0) is 0 Å². The van der Waals surface area contributed by atoms with Crippen LogP contribution >= 0.6 is 11.6 Å². The zero-order chi connectivity index (χ0) is 18.1. The molecule has 0 saturated carbocycles. The molecule has 1 amide bonds. The maximum Gasteiger partial charge on any atom is 0.261 e. The SMILES string of the molecule is Cc1ccc(NC(=O)c2cn(C(C)C)c3ccc(Cl)cc3c2=O)cc1. The number of hydrogen-bond donors (Lipinski definition) is 1. The van der Waals surface area contributed by atoms with Crippen molar-refractivity contribution in [3.8, 4) is 0 Å². The lowest BCUT2D eigenvalue weighted by Gasteiger charge is -2.17. The largest absolute Gasteiger partial charge is 0.344 e. The Kier molecular flexibility index (Phi) is 4.64. The van der Waals surface area contributed by atoms with Crippen molar-refractivity contribution < 1.29 is 4.79 Å². The number of nitrogens with zero attached hydrogens (tertiary/aromatic N) is 1. The summed E-state index contributed by atoms with van der Waals surface area (Å²) in [6.45, 7) is 5.97. The van der Waals surface area contributed by atoms with E-state index < -0.39 is 5.91 Å². The lowest BCUT2D eigenvalue weighted by molar-refractivity contribution is 0.102. The fourth-order valence-electron chi connectivity index (χ4n) is 2.75. The molecule has 0 aliphatic heterocycles. The Labute approximate surface area is 151 Å². The summed E-state index contributed by atoms with van der Waals surface area (Å²) >= 11 is 6.05. The van der Waals surface area contributed by atoms with Crippen molar-refractivity contribution in [3.63, 3.8) is 0 Å². The fraction of sp³-hybridized carbons (Fsp3) is 0.200. The molecule has 4 nitrogen and oxygen atoms in total. The van der Waals surface area contributed by atoms with Crippen molar-refractivity contribution in [2.45, 2.75) is 26.8 Å². The standard InChI is InChI=1S/C20H19ClN2O2/c1-12(2)23-11-17(19(24)16-10-14(21)6-9-18(16)23)20(25)22-15-7-4-13(3)5-8-15/h4-12H,1-3H3,(H,22,25). The Morgan fingerprint density at radius 2 is 1.80 bits per heavy atom. The van der Waals surface area contributed by atoms with E-state index in [0.29, 0.717) is 16.1 Å². The van der Waals surface area contributed by atoms with Gasteiger partial charge in [0.2, 0.25) is 5.43 Å². The first-order valence-corrected chi connectivity index (χ1v) is 8.47. The van der Waals surface area contributed by atoms with Crippen LogP contribution in [-0.4, -0.2) is 10.5 Å². The van der Waals surface area contributed by atoms with Gasteiger partial charge in [-0.2, -0.15) is 0 Å². The van der Waals surface area contributed by atoms with E-state index in [1.165, 1.54) is 0 Å².